The molecule has 0 unspecified atom stereocenters. The van der Waals surface area contributed by atoms with Crippen molar-refractivity contribution < 1.29 is 9.53 Å². The minimum absolute atomic E-state index is 0.123. The van der Waals surface area contributed by atoms with Gasteiger partial charge in [0.15, 0.2) is 8.32 Å². The Morgan fingerprint density at radius 1 is 1.27 bits per heavy atom. The first-order valence-electron chi connectivity index (χ1n) is 5.60. The molecule has 0 bridgehead atoms. The van der Waals surface area contributed by atoms with Gasteiger partial charge in [0.25, 0.3) is 0 Å². The Kier molecular flexibility index (Phi) is 5.24. The van der Waals surface area contributed by atoms with Crippen LogP contribution in [-0.4, -0.2) is 25.6 Å². The maximum Gasteiger partial charge on any atom is 0.192 e. The van der Waals surface area contributed by atoms with Crippen molar-refractivity contribution in [2.24, 2.45) is 0 Å². The third kappa shape index (κ3) is 4.49. The first-order valence-corrected chi connectivity index (χ1v) is 8.51. The van der Waals surface area contributed by atoms with Gasteiger partial charge in [0, 0.05) is 0 Å². The van der Waals surface area contributed by atoms with Crippen molar-refractivity contribution in [2.75, 3.05) is 0 Å². The molecule has 90 valence electrons. The number of rotatable bonds is 4. The van der Waals surface area contributed by atoms with Gasteiger partial charge in [0.05, 0.1) is 12.2 Å². The molecule has 0 spiro atoms. The van der Waals surface area contributed by atoms with Crippen molar-refractivity contribution >= 4 is 8.32 Å². The molecule has 0 radical (unpaired) electrons. The van der Waals surface area contributed by atoms with Gasteiger partial charge in [-0.05, 0) is 32.0 Å². The van der Waals surface area contributed by atoms with Crippen LogP contribution in [0.2, 0.25) is 18.1 Å². The zero-order chi connectivity index (χ0) is 12.3. The second kappa shape index (κ2) is 5.28. The first kappa shape index (κ1) is 14.9. The van der Waals surface area contributed by atoms with Gasteiger partial charge < -0.3 is 9.53 Å². The number of aliphatic hydroxyl groups excluding tert-OH is 1. The molecule has 2 nitrogen and oxygen atoms in total. The van der Waals surface area contributed by atoms with Crippen molar-refractivity contribution in [3.8, 4) is 0 Å². The monoisotopic (exact) mass is 230 g/mol. The molecule has 0 heterocycles. The quantitative estimate of drug-likeness (QED) is 0.593. The molecule has 0 rings (SSSR count). The third-order valence-electron chi connectivity index (χ3n) is 3.16. The summed E-state index contributed by atoms with van der Waals surface area (Å²) in [5.41, 5.74) is 0. The fourth-order valence-electron chi connectivity index (χ4n) is 1.06. The summed E-state index contributed by atoms with van der Waals surface area (Å²) in [5.74, 6) is 0. The highest BCUT2D eigenvalue weighted by Crippen LogP contribution is 2.37. The van der Waals surface area contributed by atoms with E-state index in [-0.39, 0.29) is 11.1 Å². The molecule has 0 saturated carbocycles. The third-order valence-corrected chi connectivity index (χ3v) is 7.73. The van der Waals surface area contributed by atoms with E-state index in [4.69, 9.17) is 4.43 Å². The minimum atomic E-state index is -1.75. The van der Waals surface area contributed by atoms with Crippen LogP contribution in [0.1, 0.15) is 34.6 Å². The van der Waals surface area contributed by atoms with E-state index in [1.807, 2.05) is 19.9 Å². The second-order valence-electron chi connectivity index (χ2n) is 5.60. The standard InChI is InChI=1S/C12H26O2Si/c1-8-9-11(13)10(2)14-15(6,7)12(3,4)5/h8-11,13H,1-7H3/b9-8+/t10-,11-/m0/s1. The van der Waals surface area contributed by atoms with E-state index in [2.05, 4.69) is 33.9 Å². The van der Waals surface area contributed by atoms with Gasteiger partial charge in [-0.2, -0.15) is 0 Å². The van der Waals surface area contributed by atoms with Crippen LogP contribution in [0, 0.1) is 0 Å². The van der Waals surface area contributed by atoms with Gasteiger partial charge in [-0.1, -0.05) is 32.9 Å². The average molecular weight is 230 g/mol. The van der Waals surface area contributed by atoms with Crippen molar-refractivity contribution in [3.63, 3.8) is 0 Å². The molecule has 3 heteroatoms. The van der Waals surface area contributed by atoms with Crippen molar-refractivity contribution in [2.45, 2.75) is 65.0 Å². The lowest BCUT2D eigenvalue weighted by molar-refractivity contribution is 0.0692. The van der Waals surface area contributed by atoms with Crippen LogP contribution < -0.4 is 0 Å². The highest BCUT2D eigenvalue weighted by atomic mass is 28.4. The fourth-order valence-corrected chi connectivity index (χ4v) is 2.49. The Bertz CT molecular complexity index is 216. The Morgan fingerprint density at radius 3 is 2.07 bits per heavy atom. The predicted molar refractivity (Wildman–Crippen MR) is 68.6 cm³/mol. The summed E-state index contributed by atoms with van der Waals surface area (Å²) in [6.07, 6.45) is 3.01. The van der Waals surface area contributed by atoms with E-state index in [0.717, 1.165) is 0 Å². The first-order chi connectivity index (χ1) is 6.62. The lowest BCUT2D eigenvalue weighted by Crippen LogP contribution is -2.45. The van der Waals surface area contributed by atoms with Crippen molar-refractivity contribution in [1.29, 1.82) is 0 Å². The number of hydrogen-bond donors (Lipinski definition) is 1. The normalized spacial score (nSPS) is 18.1. The zero-order valence-corrected chi connectivity index (χ0v) is 12.2. The second-order valence-corrected chi connectivity index (χ2v) is 10.4. The Balaban J connectivity index is 4.46. The Labute approximate surface area is 95.5 Å². The van der Waals surface area contributed by atoms with Crippen LogP contribution in [0.5, 0.6) is 0 Å². The highest BCUT2D eigenvalue weighted by Gasteiger charge is 2.39. The van der Waals surface area contributed by atoms with E-state index in [9.17, 15) is 5.11 Å². The molecule has 2 atom stereocenters. The fraction of sp³-hybridized carbons (Fsp3) is 0.833. The predicted octanol–water partition coefficient (Wildman–Crippen LogP) is 3.33. The lowest BCUT2D eigenvalue weighted by atomic mass is 10.2. The Hall–Kier alpha value is -0.123. The molecule has 0 aromatic rings. The van der Waals surface area contributed by atoms with Gasteiger partial charge in [-0.3, -0.25) is 0 Å². The summed E-state index contributed by atoms with van der Waals surface area (Å²) < 4.78 is 6.05. The molecule has 15 heavy (non-hydrogen) atoms. The summed E-state index contributed by atoms with van der Waals surface area (Å²) in [6.45, 7) is 14.8. The van der Waals surface area contributed by atoms with Crippen molar-refractivity contribution in [3.05, 3.63) is 12.2 Å². The summed E-state index contributed by atoms with van der Waals surface area (Å²) in [5, 5.41) is 9.95. The average Bonchev–Trinajstić information content (AvgIpc) is 2.01. The number of aliphatic hydroxyl groups is 1. The summed E-state index contributed by atoms with van der Waals surface area (Å²) >= 11 is 0. The van der Waals surface area contributed by atoms with Crippen LogP contribution in [0.3, 0.4) is 0 Å². The maximum absolute atomic E-state index is 9.76. The van der Waals surface area contributed by atoms with Crippen LogP contribution >= 0.6 is 0 Å². The maximum atomic E-state index is 9.76. The largest absolute Gasteiger partial charge is 0.411 e. The molecule has 0 aliphatic heterocycles. The van der Waals surface area contributed by atoms with E-state index in [1.165, 1.54) is 0 Å². The van der Waals surface area contributed by atoms with Crippen molar-refractivity contribution in [1.82, 2.24) is 0 Å². The van der Waals surface area contributed by atoms with Gasteiger partial charge in [-0.25, -0.2) is 0 Å². The molecule has 0 amide bonds. The molecule has 0 aromatic heterocycles. The van der Waals surface area contributed by atoms with E-state index < -0.39 is 14.4 Å². The van der Waals surface area contributed by atoms with Gasteiger partial charge in [0.2, 0.25) is 0 Å². The zero-order valence-electron chi connectivity index (χ0n) is 11.2. The summed E-state index contributed by atoms with van der Waals surface area (Å²) in [6, 6.07) is 0. The Morgan fingerprint density at radius 2 is 1.73 bits per heavy atom. The smallest absolute Gasteiger partial charge is 0.192 e. The number of allylic oxidation sites excluding steroid dienone is 1. The molecule has 0 aromatic carbocycles. The number of hydrogen-bond acceptors (Lipinski definition) is 2. The summed E-state index contributed by atoms with van der Waals surface area (Å²) in [7, 11) is -1.75. The lowest BCUT2D eigenvalue weighted by Gasteiger charge is -2.39. The van der Waals surface area contributed by atoms with Crippen LogP contribution in [0.15, 0.2) is 12.2 Å². The molecule has 0 aliphatic carbocycles. The van der Waals surface area contributed by atoms with E-state index in [1.54, 1.807) is 6.08 Å². The van der Waals surface area contributed by atoms with Gasteiger partial charge in [-0.15, -0.1) is 0 Å². The minimum Gasteiger partial charge on any atom is -0.411 e. The molecular weight excluding hydrogens is 204 g/mol. The molecular formula is C12H26O2Si. The van der Waals surface area contributed by atoms with Gasteiger partial charge in [0.1, 0.15) is 0 Å². The van der Waals surface area contributed by atoms with Gasteiger partial charge >= 0.3 is 0 Å². The highest BCUT2D eigenvalue weighted by molar-refractivity contribution is 6.74. The summed E-state index contributed by atoms with van der Waals surface area (Å²) in [4.78, 5) is 0. The van der Waals surface area contributed by atoms with Crippen LogP contribution in [-0.2, 0) is 4.43 Å². The molecule has 0 saturated heterocycles. The SMILES string of the molecule is C/C=C/[C@H](O)[C@H](C)O[Si](C)(C)C(C)(C)C. The molecule has 0 fully saturated rings. The topological polar surface area (TPSA) is 29.5 Å². The van der Waals surface area contributed by atoms with E-state index in [0.29, 0.717) is 0 Å². The van der Waals surface area contributed by atoms with Crippen LogP contribution in [0.25, 0.3) is 0 Å². The van der Waals surface area contributed by atoms with E-state index >= 15 is 0 Å². The van der Waals surface area contributed by atoms with Crippen LogP contribution in [0.4, 0.5) is 0 Å². The molecule has 0 aliphatic rings. The molecule has 1 N–H and O–H groups in total.